The summed E-state index contributed by atoms with van der Waals surface area (Å²) >= 11 is 0. The summed E-state index contributed by atoms with van der Waals surface area (Å²) in [5.74, 6) is 1.81. The molecule has 0 atom stereocenters. The number of morpholine rings is 1. The van der Waals surface area contributed by atoms with Gasteiger partial charge in [0, 0.05) is 50.7 Å². The molecule has 4 rings (SSSR count). The minimum absolute atomic E-state index is 0.674. The second-order valence-corrected chi connectivity index (χ2v) is 8.64. The lowest BCUT2D eigenvalue weighted by atomic mass is 10.0. The smallest absolute Gasteiger partial charge is 0.213 e. The Morgan fingerprint density at radius 3 is 1.97 bits per heavy atom. The monoisotopic (exact) mass is 461 g/mol. The summed E-state index contributed by atoms with van der Waals surface area (Å²) in [6, 6.07) is 21.5. The van der Waals surface area contributed by atoms with E-state index in [1.807, 2.05) is 26.0 Å². The van der Waals surface area contributed by atoms with E-state index in [0.29, 0.717) is 13.2 Å². The number of hydrogen-bond donors (Lipinski definition) is 0. The van der Waals surface area contributed by atoms with Gasteiger partial charge in [-0.25, -0.2) is 0 Å². The summed E-state index contributed by atoms with van der Waals surface area (Å²) in [4.78, 5) is 2.50. The first-order valence-corrected chi connectivity index (χ1v) is 12.5. The van der Waals surface area contributed by atoms with Gasteiger partial charge >= 0.3 is 0 Å². The highest BCUT2D eigenvalue weighted by molar-refractivity contribution is 5.70. The Labute approximate surface area is 203 Å². The number of aromatic nitrogens is 1. The lowest BCUT2D eigenvalue weighted by Crippen LogP contribution is -2.42. The summed E-state index contributed by atoms with van der Waals surface area (Å²) in [7, 11) is 0. The third-order valence-corrected chi connectivity index (χ3v) is 6.29. The van der Waals surface area contributed by atoms with E-state index < -0.39 is 0 Å². The van der Waals surface area contributed by atoms with E-state index in [2.05, 4.69) is 64.9 Å². The second kappa shape index (κ2) is 12.0. The second-order valence-electron chi connectivity index (χ2n) is 8.64. The van der Waals surface area contributed by atoms with Gasteiger partial charge in [0.1, 0.15) is 11.5 Å². The van der Waals surface area contributed by atoms with Crippen LogP contribution < -0.4 is 14.0 Å². The standard InChI is InChI=1S/C29H37N2O3/c1-4-33-27-11-7-24(8-12-27)26-21-23(3)31(16-6-15-30-17-19-32-20-18-30)29(22-26)25-9-13-28(14-10-25)34-5-2/h7-14,21-22H,4-6,15-20H2,1-3H3/q+1. The van der Waals surface area contributed by atoms with Crippen LogP contribution >= 0.6 is 0 Å². The molecule has 0 bridgehead atoms. The number of benzene rings is 2. The van der Waals surface area contributed by atoms with Crippen molar-refractivity contribution >= 4 is 0 Å². The topological polar surface area (TPSA) is 34.8 Å². The van der Waals surface area contributed by atoms with Crippen LogP contribution in [0.5, 0.6) is 11.5 Å². The zero-order valence-electron chi connectivity index (χ0n) is 20.8. The van der Waals surface area contributed by atoms with Gasteiger partial charge in [0.2, 0.25) is 5.69 Å². The van der Waals surface area contributed by atoms with Crippen LogP contribution in [0.1, 0.15) is 26.0 Å². The quantitative estimate of drug-likeness (QED) is 0.392. The summed E-state index contributed by atoms with van der Waals surface area (Å²) in [5, 5.41) is 0. The number of nitrogens with zero attached hydrogens (tertiary/aromatic N) is 2. The molecule has 5 heteroatoms. The van der Waals surface area contributed by atoms with Crippen LogP contribution in [-0.2, 0) is 11.3 Å². The van der Waals surface area contributed by atoms with E-state index in [1.54, 1.807) is 0 Å². The summed E-state index contributed by atoms with van der Waals surface area (Å²) < 4.78 is 19.3. The van der Waals surface area contributed by atoms with Crippen LogP contribution in [0.3, 0.4) is 0 Å². The number of ether oxygens (including phenoxy) is 3. The zero-order valence-corrected chi connectivity index (χ0v) is 20.8. The first-order chi connectivity index (χ1) is 16.7. The third-order valence-electron chi connectivity index (χ3n) is 6.29. The molecule has 1 aliphatic heterocycles. The van der Waals surface area contributed by atoms with Crippen molar-refractivity contribution in [3.05, 3.63) is 66.4 Å². The van der Waals surface area contributed by atoms with Gasteiger partial charge in [-0.15, -0.1) is 0 Å². The Kier molecular flexibility index (Phi) is 8.56. The molecular formula is C29H37N2O3+. The zero-order chi connectivity index (χ0) is 23.8. The Hall–Kier alpha value is -2.89. The Bertz CT molecular complexity index is 1040. The summed E-state index contributed by atoms with van der Waals surface area (Å²) in [6.07, 6.45) is 1.11. The largest absolute Gasteiger partial charge is 0.494 e. The highest BCUT2D eigenvalue weighted by atomic mass is 16.5. The predicted molar refractivity (Wildman–Crippen MR) is 136 cm³/mol. The average Bonchev–Trinajstić information content (AvgIpc) is 2.87. The maximum atomic E-state index is 5.67. The molecule has 0 saturated carbocycles. The van der Waals surface area contributed by atoms with Crippen molar-refractivity contribution in [1.29, 1.82) is 0 Å². The number of aryl methyl sites for hydroxylation is 1. The molecule has 1 aromatic heterocycles. The van der Waals surface area contributed by atoms with E-state index in [9.17, 15) is 0 Å². The molecule has 2 aromatic carbocycles. The van der Waals surface area contributed by atoms with Crippen LogP contribution in [0, 0.1) is 6.92 Å². The Morgan fingerprint density at radius 1 is 0.794 bits per heavy atom. The van der Waals surface area contributed by atoms with Crippen LogP contribution in [0.2, 0.25) is 0 Å². The molecule has 1 aliphatic rings. The fourth-order valence-corrected chi connectivity index (χ4v) is 4.54. The van der Waals surface area contributed by atoms with Crippen molar-refractivity contribution in [2.75, 3.05) is 46.1 Å². The molecule has 0 radical (unpaired) electrons. The van der Waals surface area contributed by atoms with Gasteiger partial charge in [-0.3, -0.25) is 4.90 Å². The molecule has 34 heavy (non-hydrogen) atoms. The lowest BCUT2D eigenvalue weighted by molar-refractivity contribution is -0.692. The van der Waals surface area contributed by atoms with Gasteiger partial charge in [0.15, 0.2) is 12.2 Å². The van der Waals surface area contributed by atoms with Crippen molar-refractivity contribution in [3.8, 4) is 33.9 Å². The Balaban J connectivity index is 1.63. The van der Waals surface area contributed by atoms with Gasteiger partial charge < -0.3 is 14.2 Å². The maximum Gasteiger partial charge on any atom is 0.213 e. The molecule has 0 unspecified atom stereocenters. The van der Waals surface area contributed by atoms with Gasteiger partial charge in [0.05, 0.1) is 26.4 Å². The predicted octanol–water partition coefficient (Wildman–Crippen LogP) is 5.14. The molecule has 1 saturated heterocycles. The van der Waals surface area contributed by atoms with Gasteiger partial charge in [-0.1, -0.05) is 12.1 Å². The van der Waals surface area contributed by atoms with Gasteiger partial charge in [0.25, 0.3) is 0 Å². The molecule has 5 nitrogen and oxygen atoms in total. The average molecular weight is 462 g/mol. The lowest BCUT2D eigenvalue weighted by Gasteiger charge is -2.26. The molecule has 2 heterocycles. The van der Waals surface area contributed by atoms with Crippen LogP contribution in [0.25, 0.3) is 22.4 Å². The number of rotatable bonds is 10. The first kappa shape index (κ1) is 24.2. The first-order valence-electron chi connectivity index (χ1n) is 12.5. The molecule has 0 spiro atoms. The summed E-state index contributed by atoms with van der Waals surface area (Å²) in [6.45, 7) is 13.4. The van der Waals surface area contributed by atoms with E-state index in [-0.39, 0.29) is 0 Å². The minimum atomic E-state index is 0.674. The maximum absolute atomic E-state index is 5.67. The van der Waals surface area contributed by atoms with E-state index in [1.165, 1.54) is 28.1 Å². The molecule has 0 N–H and O–H groups in total. The van der Waals surface area contributed by atoms with Crippen LogP contribution in [0.4, 0.5) is 0 Å². The molecule has 3 aromatic rings. The van der Waals surface area contributed by atoms with Gasteiger partial charge in [-0.2, -0.15) is 4.57 Å². The van der Waals surface area contributed by atoms with Crippen molar-refractivity contribution in [3.63, 3.8) is 0 Å². The molecule has 1 fully saturated rings. The number of hydrogen-bond acceptors (Lipinski definition) is 4. The van der Waals surface area contributed by atoms with Crippen LogP contribution in [0.15, 0.2) is 60.7 Å². The Morgan fingerprint density at radius 2 is 1.38 bits per heavy atom. The van der Waals surface area contributed by atoms with Crippen molar-refractivity contribution < 1.29 is 18.8 Å². The molecule has 180 valence electrons. The van der Waals surface area contributed by atoms with Crippen molar-refractivity contribution in [2.24, 2.45) is 0 Å². The fourth-order valence-electron chi connectivity index (χ4n) is 4.54. The molecule has 0 aliphatic carbocycles. The SMILES string of the molecule is CCOc1ccc(-c2cc(C)[n+](CCCN3CCOCC3)c(-c3ccc(OCC)cc3)c2)cc1. The van der Waals surface area contributed by atoms with Crippen LogP contribution in [-0.4, -0.2) is 51.0 Å². The fraction of sp³-hybridized carbons (Fsp3) is 0.414. The van der Waals surface area contributed by atoms with Gasteiger partial charge in [-0.05, 0) is 61.4 Å². The van der Waals surface area contributed by atoms with Crippen molar-refractivity contribution in [2.45, 2.75) is 33.7 Å². The van der Waals surface area contributed by atoms with Crippen molar-refractivity contribution in [1.82, 2.24) is 4.90 Å². The number of pyridine rings is 1. The molecular weight excluding hydrogens is 424 g/mol. The highest BCUT2D eigenvalue weighted by Crippen LogP contribution is 2.28. The molecule has 0 amide bonds. The summed E-state index contributed by atoms with van der Waals surface area (Å²) in [5.41, 5.74) is 6.10. The third kappa shape index (κ3) is 6.16. The normalized spacial score (nSPS) is 14.2. The van der Waals surface area contributed by atoms with E-state index in [0.717, 1.165) is 57.3 Å². The highest BCUT2D eigenvalue weighted by Gasteiger charge is 2.20. The van der Waals surface area contributed by atoms with E-state index >= 15 is 0 Å². The minimum Gasteiger partial charge on any atom is -0.494 e. The van der Waals surface area contributed by atoms with E-state index in [4.69, 9.17) is 14.2 Å².